The first-order chi connectivity index (χ1) is 19.5. The molecule has 0 aliphatic carbocycles. The summed E-state index contributed by atoms with van der Waals surface area (Å²) in [4.78, 5) is 44.3. The molecule has 0 aromatic heterocycles. The number of amides is 3. The first-order valence-corrected chi connectivity index (χ1v) is 15.4. The highest BCUT2D eigenvalue weighted by Crippen LogP contribution is 2.69. The number of rotatable bonds is 9. The van der Waals surface area contributed by atoms with E-state index in [1.165, 1.54) is 0 Å². The van der Waals surface area contributed by atoms with Crippen LogP contribution < -0.4 is 15.4 Å². The zero-order valence-corrected chi connectivity index (χ0v) is 25.5. The summed E-state index contributed by atoms with van der Waals surface area (Å²) in [6, 6.07) is 11.7. The number of ether oxygens (including phenoxy) is 1. The summed E-state index contributed by atoms with van der Waals surface area (Å²) in [5.74, 6) is -1.25. The summed E-state index contributed by atoms with van der Waals surface area (Å²) in [5, 5.41) is 16.6. The molecule has 3 heterocycles. The molecule has 2 bridgehead atoms. The number of aliphatic hydroxyl groups is 1. The maximum Gasteiger partial charge on any atom is 0.248 e. The lowest BCUT2D eigenvalue weighted by atomic mass is 9.65. The molecule has 9 heteroatoms. The van der Waals surface area contributed by atoms with Crippen molar-refractivity contribution in [2.24, 2.45) is 23.7 Å². The molecule has 3 amide bonds. The fraction of sp³-hybridized carbons (Fsp3) is 0.531. The predicted molar refractivity (Wildman–Crippen MR) is 162 cm³/mol. The lowest BCUT2D eigenvalue weighted by Crippen LogP contribution is -2.58. The van der Waals surface area contributed by atoms with Gasteiger partial charge in [0.05, 0.1) is 35.8 Å². The van der Waals surface area contributed by atoms with Crippen LogP contribution in [0.1, 0.15) is 45.2 Å². The molecule has 3 fully saturated rings. The molecular formula is C32H41N3O5S. The fourth-order valence-corrected chi connectivity index (χ4v) is 9.67. The van der Waals surface area contributed by atoms with Crippen molar-refractivity contribution in [1.29, 1.82) is 0 Å². The molecule has 8 nitrogen and oxygen atoms in total. The molecule has 7 atom stereocenters. The summed E-state index contributed by atoms with van der Waals surface area (Å²) in [7, 11) is 0. The largest absolute Gasteiger partial charge is 0.494 e. The molecule has 5 rings (SSSR count). The van der Waals surface area contributed by atoms with E-state index in [-0.39, 0.29) is 41.4 Å². The Morgan fingerprint density at radius 2 is 1.76 bits per heavy atom. The molecule has 0 saturated carbocycles. The van der Waals surface area contributed by atoms with E-state index in [1.54, 1.807) is 28.8 Å². The number of likely N-dealkylation sites (tertiary alicyclic amines) is 1. The molecule has 220 valence electrons. The first-order valence-electron chi connectivity index (χ1n) is 14.6. The quantitative estimate of drug-likeness (QED) is 0.400. The summed E-state index contributed by atoms with van der Waals surface area (Å²) >= 11 is 1.63. The average Bonchev–Trinajstić information content (AvgIpc) is 3.52. The number of thioether (sulfide) groups is 1. The molecule has 2 aromatic carbocycles. The second kappa shape index (κ2) is 11.3. The number of fused-ring (bicyclic) bond motifs is 1. The lowest BCUT2D eigenvalue weighted by molar-refractivity contribution is -0.142. The van der Waals surface area contributed by atoms with Crippen LogP contribution in [0.4, 0.5) is 11.4 Å². The Hall–Kier alpha value is -3.04. The van der Waals surface area contributed by atoms with Crippen LogP contribution in [0.15, 0.2) is 42.5 Å². The van der Waals surface area contributed by atoms with Gasteiger partial charge in [0.1, 0.15) is 11.8 Å². The number of carbonyl (C=O) groups is 3. The van der Waals surface area contributed by atoms with Crippen molar-refractivity contribution in [3.63, 3.8) is 0 Å². The van der Waals surface area contributed by atoms with Crippen molar-refractivity contribution in [3.8, 4) is 5.75 Å². The highest BCUT2D eigenvalue weighted by atomic mass is 32.2. The van der Waals surface area contributed by atoms with Crippen molar-refractivity contribution in [2.45, 2.75) is 70.0 Å². The Bertz CT molecular complexity index is 1310. The number of hydrogen-bond donors (Lipinski definition) is 3. The van der Waals surface area contributed by atoms with Crippen LogP contribution in [0.3, 0.4) is 0 Å². The number of hydrogen-bond acceptors (Lipinski definition) is 6. The Balaban J connectivity index is 1.52. The van der Waals surface area contributed by atoms with Crippen LogP contribution in [0, 0.1) is 37.5 Å². The third-order valence-corrected chi connectivity index (χ3v) is 11.3. The molecule has 3 aliphatic rings. The van der Waals surface area contributed by atoms with E-state index in [4.69, 9.17) is 4.74 Å². The van der Waals surface area contributed by atoms with Crippen molar-refractivity contribution in [1.82, 2.24) is 4.90 Å². The van der Waals surface area contributed by atoms with Crippen molar-refractivity contribution >= 4 is 40.9 Å². The highest BCUT2D eigenvalue weighted by Gasteiger charge is 2.76. The summed E-state index contributed by atoms with van der Waals surface area (Å²) in [5.41, 5.74) is 3.25. The van der Waals surface area contributed by atoms with E-state index in [9.17, 15) is 19.5 Å². The zero-order valence-electron chi connectivity index (χ0n) is 24.6. The van der Waals surface area contributed by atoms with E-state index >= 15 is 0 Å². The maximum atomic E-state index is 14.4. The van der Waals surface area contributed by atoms with E-state index < -0.39 is 28.7 Å². The predicted octanol–water partition coefficient (Wildman–Crippen LogP) is 4.63. The van der Waals surface area contributed by atoms with Crippen molar-refractivity contribution in [3.05, 3.63) is 53.6 Å². The number of para-hydroxylation sites is 1. The Labute approximate surface area is 246 Å². The molecule has 41 heavy (non-hydrogen) atoms. The summed E-state index contributed by atoms with van der Waals surface area (Å²) < 4.78 is 4.75. The van der Waals surface area contributed by atoms with Gasteiger partial charge in [-0.15, -0.1) is 11.8 Å². The van der Waals surface area contributed by atoms with Crippen LogP contribution in [0.25, 0.3) is 0 Å². The molecule has 3 aliphatic heterocycles. The van der Waals surface area contributed by atoms with Gasteiger partial charge in [0.15, 0.2) is 0 Å². The van der Waals surface area contributed by atoms with Crippen molar-refractivity contribution < 1.29 is 24.2 Å². The van der Waals surface area contributed by atoms with Gasteiger partial charge in [-0.2, -0.15) is 0 Å². The van der Waals surface area contributed by atoms with Crippen molar-refractivity contribution in [2.75, 3.05) is 23.8 Å². The Morgan fingerprint density at radius 3 is 2.34 bits per heavy atom. The van der Waals surface area contributed by atoms with Crippen LogP contribution in [0.2, 0.25) is 0 Å². The molecule has 3 saturated heterocycles. The standard InChI is InChI=1S/C32H41N3O5S/c1-7-40-22-13-11-21(12-14-22)33-29(37)25-24-15-20(6)32(41-24)26(25)31(39)35(23(16-36)17(2)3)28(32)30(38)34-27-18(4)9-8-10-19(27)5/h8-14,17,20,23-26,28,36H,7,15-16H2,1-6H3,(H,33,37)(H,34,38)/t20?,23-,24-,25+,26-,28?,32?/m0/s1. The van der Waals surface area contributed by atoms with Gasteiger partial charge in [-0.3, -0.25) is 14.4 Å². The zero-order chi connectivity index (χ0) is 29.6. The van der Waals surface area contributed by atoms with E-state index in [0.717, 1.165) is 29.0 Å². The number of carbonyl (C=O) groups excluding carboxylic acids is 3. The number of aliphatic hydroxyl groups excluding tert-OH is 1. The average molecular weight is 580 g/mol. The lowest BCUT2D eigenvalue weighted by Gasteiger charge is -2.41. The minimum atomic E-state index is -0.813. The smallest absolute Gasteiger partial charge is 0.248 e. The van der Waals surface area contributed by atoms with Gasteiger partial charge in [0.25, 0.3) is 0 Å². The molecule has 3 N–H and O–H groups in total. The molecule has 3 unspecified atom stereocenters. The summed E-state index contributed by atoms with van der Waals surface area (Å²) in [6.07, 6.45) is 0.738. The van der Waals surface area contributed by atoms with Crippen LogP contribution >= 0.6 is 11.8 Å². The van der Waals surface area contributed by atoms with E-state index in [2.05, 4.69) is 17.6 Å². The number of anilines is 2. The monoisotopic (exact) mass is 579 g/mol. The van der Waals surface area contributed by atoms with Crippen LogP contribution in [-0.4, -0.2) is 63.0 Å². The minimum Gasteiger partial charge on any atom is -0.494 e. The summed E-state index contributed by atoms with van der Waals surface area (Å²) in [6.45, 7) is 12.1. The minimum absolute atomic E-state index is 0.0335. The SMILES string of the molecule is CCOc1ccc(NC(=O)[C@@H]2[C@@H]3CC(C)C4(S3)C(C(=O)Nc3c(C)cccc3C)N([C@@H](CO)C(C)C)C(=O)[C@H]24)cc1. The van der Waals surface area contributed by atoms with Gasteiger partial charge >= 0.3 is 0 Å². The maximum absolute atomic E-state index is 14.4. The second-order valence-corrected chi connectivity index (χ2v) is 13.5. The molecule has 2 aromatic rings. The molecular weight excluding hydrogens is 538 g/mol. The number of nitrogens with zero attached hydrogens (tertiary/aromatic N) is 1. The van der Waals surface area contributed by atoms with Gasteiger partial charge < -0.3 is 25.4 Å². The van der Waals surface area contributed by atoms with Gasteiger partial charge in [0.2, 0.25) is 17.7 Å². The van der Waals surface area contributed by atoms with Crippen LogP contribution in [-0.2, 0) is 14.4 Å². The third kappa shape index (κ3) is 4.80. The number of aryl methyl sites for hydroxylation is 2. The number of benzene rings is 2. The molecule has 1 spiro atoms. The van der Waals surface area contributed by atoms with Gasteiger partial charge in [-0.1, -0.05) is 39.0 Å². The normalized spacial score (nSPS) is 29.0. The Morgan fingerprint density at radius 1 is 1.10 bits per heavy atom. The fourth-order valence-electron chi connectivity index (χ4n) is 7.27. The third-order valence-electron chi connectivity index (χ3n) is 9.21. The van der Waals surface area contributed by atoms with E-state index in [0.29, 0.717) is 12.3 Å². The molecule has 0 radical (unpaired) electrons. The topological polar surface area (TPSA) is 108 Å². The van der Waals surface area contributed by atoms with Gasteiger partial charge in [-0.05, 0) is 74.4 Å². The first kappa shape index (κ1) is 29.5. The second-order valence-electron chi connectivity index (χ2n) is 12.0. The van der Waals surface area contributed by atoms with Crippen LogP contribution in [0.5, 0.6) is 5.75 Å². The number of nitrogens with one attached hydrogen (secondary N) is 2. The van der Waals surface area contributed by atoms with Gasteiger partial charge in [-0.25, -0.2) is 0 Å². The van der Waals surface area contributed by atoms with E-state index in [1.807, 2.05) is 65.0 Å². The Kier molecular flexibility index (Phi) is 8.14. The van der Waals surface area contributed by atoms with Gasteiger partial charge in [0, 0.05) is 16.6 Å². The highest BCUT2D eigenvalue weighted by molar-refractivity contribution is 8.02.